The second kappa shape index (κ2) is 10.6. The van der Waals surface area contributed by atoms with Crippen LogP contribution in [0.2, 0.25) is 0 Å². The van der Waals surface area contributed by atoms with Crippen molar-refractivity contribution in [2.75, 3.05) is 13.7 Å². The molecule has 0 bridgehead atoms. The molecule has 4 rings (SSSR count). The van der Waals surface area contributed by atoms with Crippen LogP contribution in [0.1, 0.15) is 46.2 Å². The van der Waals surface area contributed by atoms with Gasteiger partial charge in [0.15, 0.2) is 6.10 Å². The molecule has 1 aliphatic rings. The molecule has 2 amide bonds. The normalized spacial score (nSPS) is 13.9. The topological polar surface area (TPSA) is 89.4 Å². The number of hydrogen-bond donors (Lipinski definition) is 1. The summed E-state index contributed by atoms with van der Waals surface area (Å²) in [6, 6.07) is 11.4. The first-order valence-electron chi connectivity index (χ1n) is 11.6. The molecule has 1 aromatic carbocycles. The predicted octanol–water partition coefficient (Wildman–Crippen LogP) is 2.87. The Morgan fingerprint density at radius 1 is 1.18 bits per heavy atom. The van der Waals surface area contributed by atoms with E-state index in [0.29, 0.717) is 32.6 Å². The number of hydrogen-bond acceptors (Lipinski definition) is 5. The summed E-state index contributed by atoms with van der Waals surface area (Å²) in [5.41, 5.74) is 5.88. The van der Waals surface area contributed by atoms with Gasteiger partial charge in [-0.25, -0.2) is 0 Å². The van der Waals surface area contributed by atoms with Crippen LogP contribution in [-0.2, 0) is 40.4 Å². The fourth-order valence-electron chi connectivity index (χ4n) is 4.42. The molecular weight excluding hydrogens is 430 g/mol. The average Bonchev–Trinajstić information content (AvgIpc) is 3.27. The number of ether oxygens (including phenoxy) is 1. The molecule has 3 heterocycles. The van der Waals surface area contributed by atoms with Gasteiger partial charge in [-0.1, -0.05) is 30.3 Å². The number of pyridine rings is 1. The number of nitrogens with one attached hydrogen (secondary N) is 1. The van der Waals surface area contributed by atoms with Crippen LogP contribution in [0.4, 0.5) is 0 Å². The molecular formula is C26H31N5O3. The minimum Gasteiger partial charge on any atom is -0.367 e. The van der Waals surface area contributed by atoms with Gasteiger partial charge in [-0.05, 0) is 48.6 Å². The molecule has 2 aromatic heterocycles. The van der Waals surface area contributed by atoms with Crippen LogP contribution in [0, 0.1) is 13.8 Å². The highest BCUT2D eigenvalue weighted by Crippen LogP contribution is 2.25. The summed E-state index contributed by atoms with van der Waals surface area (Å²) >= 11 is 0. The Hall–Kier alpha value is -3.52. The summed E-state index contributed by atoms with van der Waals surface area (Å²) in [6.07, 6.45) is 4.24. The first-order chi connectivity index (χ1) is 16.5. The Labute approximate surface area is 199 Å². The summed E-state index contributed by atoms with van der Waals surface area (Å²) in [5.74, 6) is -0.0767. The molecule has 0 unspecified atom stereocenters. The standard InChI is InChI=1S/C26H31N5O3/c1-18-9-13-31(29-18)14-11-24(32)30-12-10-22-21(17-30)15-27-19(2)23(22)16-28-26(33)25(34-3)20-7-5-4-6-8-20/h4-9,13,15,25H,10-12,14,16-17H2,1-3H3,(H,28,33)/t25-/m1/s1. The maximum absolute atomic E-state index is 12.8. The van der Waals surface area contributed by atoms with E-state index in [2.05, 4.69) is 15.4 Å². The van der Waals surface area contributed by atoms with Crippen LogP contribution in [0.5, 0.6) is 0 Å². The molecule has 1 N–H and O–H groups in total. The lowest BCUT2D eigenvalue weighted by atomic mass is 9.94. The van der Waals surface area contributed by atoms with Gasteiger partial charge in [0.25, 0.3) is 5.91 Å². The fraction of sp³-hybridized carbons (Fsp3) is 0.385. The number of nitrogens with zero attached hydrogens (tertiary/aromatic N) is 4. The monoisotopic (exact) mass is 461 g/mol. The minimum absolute atomic E-state index is 0.111. The highest BCUT2D eigenvalue weighted by molar-refractivity contribution is 5.82. The maximum Gasteiger partial charge on any atom is 0.254 e. The van der Waals surface area contributed by atoms with Crippen LogP contribution >= 0.6 is 0 Å². The molecule has 1 aliphatic heterocycles. The zero-order chi connectivity index (χ0) is 24.1. The van der Waals surface area contributed by atoms with E-state index < -0.39 is 6.10 Å². The van der Waals surface area contributed by atoms with Crippen molar-refractivity contribution in [1.82, 2.24) is 25.0 Å². The second-order valence-corrected chi connectivity index (χ2v) is 8.61. The molecule has 0 saturated carbocycles. The SMILES string of the molecule is CO[C@@H](C(=O)NCc1c(C)ncc2c1CCN(C(=O)CCn1ccc(C)n1)C2)c1ccccc1. The van der Waals surface area contributed by atoms with Crippen molar-refractivity contribution in [3.63, 3.8) is 0 Å². The third kappa shape index (κ3) is 5.34. The lowest BCUT2D eigenvalue weighted by molar-refractivity contribution is -0.132. The van der Waals surface area contributed by atoms with E-state index in [1.54, 1.807) is 4.68 Å². The summed E-state index contributed by atoms with van der Waals surface area (Å²) in [7, 11) is 1.54. The summed E-state index contributed by atoms with van der Waals surface area (Å²) in [5, 5.41) is 7.37. The van der Waals surface area contributed by atoms with Crippen molar-refractivity contribution in [1.29, 1.82) is 0 Å². The van der Waals surface area contributed by atoms with Gasteiger partial charge in [0.05, 0.1) is 5.69 Å². The van der Waals surface area contributed by atoms with E-state index in [-0.39, 0.29) is 11.8 Å². The Bertz CT molecular complexity index is 1160. The first-order valence-corrected chi connectivity index (χ1v) is 11.6. The van der Waals surface area contributed by atoms with Crippen molar-refractivity contribution in [2.24, 2.45) is 0 Å². The number of amides is 2. The fourth-order valence-corrected chi connectivity index (χ4v) is 4.42. The molecule has 8 nitrogen and oxygen atoms in total. The summed E-state index contributed by atoms with van der Waals surface area (Å²) in [6.45, 7) is 6.02. The Morgan fingerprint density at radius 3 is 2.68 bits per heavy atom. The maximum atomic E-state index is 12.8. The van der Waals surface area contributed by atoms with Crippen molar-refractivity contribution in [3.05, 3.63) is 82.4 Å². The third-order valence-corrected chi connectivity index (χ3v) is 6.29. The van der Waals surface area contributed by atoms with Crippen molar-refractivity contribution in [2.45, 2.75) is 52.4 Å². The predicted molar refractivity (Wildman–Crippen MR) is 128 cm³/mol. The number of benzene rings is 1. The molecule has 0 spiro atoms. The Kier molecular flexibility index (Phi) is 7.37. The molecule has 0 radical (unpaired) electrons. The number of aromatic nitrogens is 3. The van der Waals surface area contributed by atoms with E-state index in [0.717, 1.165) is 34.5 Å². The van der Waals surface area contributed by atoms with Crippen molar-refractivity contribution < 1.29 is 14.3 Å². The number of rotatable bonds is 8. The van der Waals surface area contributed by atoms with Gasteiger partial charge in [-0.2, -0.15) is 5.10 Å². The van der Waals surface area contributed by atoms with Crippen LogP contribution in [0.15, 0.2) is 48.8 Å². The first kappa shape index (κ1) is 23.6. The lowest BCUT2D eigenvalue weighted by Crippen LogP contribution is -2.37. The quantitative estimate of drug-likeness (QED) is 0.557. The summed E-state index contributed by atoms with van der Waals surface area (Å²) < 4.78 is 7.25. The molecule has 3 aromatic rings. The molecule has 0 saturated heterocycles. The summed E-state index contributed by atoms with van der Waals surface area (Å²) in [4.78, 5) is 32.1. The number of aryl methyl sites for hydroxylation is 3. The van der Waals surface area contributed by atoms with E-state index in [9.17, 15) is 9.59 Å². The van der Waals surface area contributed by atoms with Crippen LogP contribution in [0.3, 0.4) is 0 Å². The van der Waals surface area contributed by atoms with E-state index in [4.69, 9.17) is 4.74 Å². The van der Waals surface area contributed by atoms with Gasteiger partial charge in [0.1, 0.15) is 0 Å². The zero-order valence-corrected chi connectivity index (χ0v) is 20.0. The third-order valence-electron chi connectivity index (χ3n) is 6.29. The zero-order valence-electron chi connectivity index (χ0n) is 20.0. The number of fused-ring (bicyclic) bond motifs is 1. The van der Waals surface area contributed by atoms with Crippen LogP contribution in [0.25, 0.3) is 0 Å². The van der Waals surface area contributed by atoms with E-state index in [1.165, 1.54) is 12.7 Å². The van der Waals surface area contributed by atoms with Crippen molar-refractivity contribution >= 4 is 11.8 Å². The van der Waals surface area contributed by atoms with Gasteiger partial charge in [0.2, 0.25) is 5.91 Å². The average molecular weight is 462 g/mol. The van der Waals surface area contributed by atoms with Crippen LogP contribution < -0.4 is 5.32 Å². The molecule has 0 aliphatic carbocycles. The van der Waals surface area contributed by atoms with Gasteiger partial charge in [-0.15, -0.1) is 0 Å². The molecule has 178 valence electrons. The highest BCUT2D eigenvalue weighted by Gasteiger charge is 2.25. The Morgan fingerprint density at radius 2 is 1.97 bits per heavy atom. The van der Waals surface area contributed by atoms with Crippen molar-refractivity contribution in [3.8, 4) is 0 Å². The highest BCUT2D eigenvalue weighted by atomic mass is 16.5. The number of carbonyl (C=O) groups is 2. The van der Waals surface area contributed by atoms with E-state index in [1.807, 2.05) is 67.5 Å². The van der Waals surface area contributed by atoms with Gasteiger partial charge in [-0.3, -0.25) is 19.3 Å². The molecule has 0 fully saturated rings. The van der Waals surface area contributed by atoms with Crippen LogP contribution in [-0.4, -0.2) is 45.1 Å². The minimum atomic E-state index is -0.666. The molecule has 34 heavy (non-hydrogen) atoms. The van der Waals surface area contributed by atoms with Gasteiger partial charge < -0.3 is 15.0 Å². The largest absolute Gasteiger partial charge is 0.367 e. The molecule has 8 heteroatoms. The number of methoxy groups -OCH3 is 1. The molecule has 1 atom stereocenters. The Balaban J connectivity index is 1.40. The van der Waals surface area contributed by atoms with E-state index >= 15 is 0 Å². The van der Waals surface area contributed by atoms with Gasteiger partial charge in [0, 0.05) is 57.8 Å². The second-order valence-electron chi connectivity index (χ2n) is 8.61. The lowest BCUT2D eigenvalue weighted by Gasteiger charge is -2.30. The smallest absolute Gasteiger partial charge is 0.254 e. The van der Waals surface area contributed by atoms with Gasteiger partial charge >= 0.3 is 0 Å². The number of carbonyl (C=O) groups excluding carboxylic acids is 2.